The minimum atomic E-state index is -1.23. The van der Waals surface area contributed by atoms with Crippen LogP contribution in [0.1, 0.15) is 29.2 Å². The number of carboxylic acids is 1. The highest BCUT2D eigenvalue weighted by molar-refractivity contribution is 5.84. The summed E-state index contributed by atoms with van der Waals surface area (Å²) in [6, 6.07) is 8.06. The van der Waals surface area contributed by atoms with Gasteiger partial charge in [-0.1, -0.05) is 18.2 Å². The van der Waals surface area contributed by atoms with E-state index in [0.29, 0.717) is 29.0 Å². The molecule has 0 bridgehead atoms. The van der Waals surface area contributed by atoms with E-state index in [0.717, 1.165) is 5.56 Å². The Morgan fingerprint density at radius 2 is 1.81 bits per heavy atom. The molecule has 6 nitrogen and oxygen atoms in total. The summed E-state index contributed by atoms with van der Waals surface area (Å²) in [7, 11) is 3.06. The average molecular weight is 375 g/mol. The third kappa shape index (κ3) is 5.20. The van der Waals surface area contributed by atoms with Crippen LogP contribution in [0.5, 0.6) is 11.5 Å². The highest BCUT2D eigenvalue weighted by Crippen LogP contribution is 2.28. The first kappa shape index (κ1) is 20.2. The molecule has 0 saturated carbocycles. The van der Waals surface area contributed by atoms with Crippen molar-refractivity contribution in [3.8, 4) is 11.5 Å². The van der Waals surface area contributed by atoms with E-state index in [-0.39, 0.29) is 6.42 Å². The van der Waals surface area contributed by atoms with Crippen molar-refractivity contribution in [2.45, 2.75) is 25.8 Å². The number of aryl methyl sites for hydroxylation is 2. The summed E-state index contributed by atoms with van der Waals surface area (Å²) in [5.41, 5.74) is 1.49. The second-order valence-corrected chi connectivity index (χ2v) is 6.04. The zero-order valence-electron chi connectivity index (χ0n) is 15.4. The molecule has 1 atom stereocenters. The second kappa shape index (κ2) is 9.02. The van der Waals surface area contributed by atoms with Crippen molar-refractivity contribution < 1.29 is 28.6 Å². The van der Waals surface area contributed by atoms with Gasteiger partial charge in [-0.05, 0) is 48.2 Å². The van der Waals surface area contributed by atoms with Crippen molar-refractivity contribution in [1.82, 2.24) is 5.32 Å². The number of ether oxygens (including phenoxy) is 2. The number of halogens is 1. The van der Waals surface area contributed by atoms with E-state index >= 15 is 0 Å². The van der Waals surface area contributed by atoms with Gasteiger partial charge in [-0.25, -0.2) is 9.18 Å². The molecule has 0 radical (unpaired) electrons. The normalized spacial score (nSPS) is 11.6. The molecule has 0 aliphatic carbocycles. The monoisotopic (exact) mass is 375 g/mol. The highest BCUT2D eigenvalue weighted by atomic mass is 19.1. The molecule has 0 aromatic heterocycles. The first-order chi connectivity index (χ1) is 12.8. The predicted octanol–water partition coefficient (Wildman–Crippen LogP) is 3.03. The Morgan fingerprint density at radius 1 is 1.11 bits per heavy atom. The first-order valence-corrected chi connectivity index (χ1v) is 8.34. The third-order valence-electron chi connectivity index (χ3n) is 4.16. The quantitative estimate of drug-likeness (QED) is 0.741. The Bertz CT molecular complexity index is 837. The highest BCUT2D eigenvalue weighted by Gasteiger charge is 2.22. The number of methoxy groups -OCH3 is 2. The van der Waals surface area contributed by atoms with Gasteiger partial charge in [0.15, 0.2) is 17.5 Å². The Morgan fingerprint density at radius 3 is 2.41 bits per heavy atom. The van der Waals surface area contributed by atoms with E-state index in [1.165, 1.54) is 39.3 Å². The van der Waals surface area contributed by atoms with Crippen LogP contribution in [0.15, 0.2) is 36.4 Å². The molecule has 27 heavy (non-hydrogen) atoms. The van der Waals surface area contributed by atoms with Gasteiger partial charge in [0.05, 0.1) is 14.2 Å². The van der Waals surface area contributed by atoms with Gasteiger partial charge >= 0.3 is 5.97 Å². The Hall–Kier alpha value is -3.09. The second-order valence-electron chi connectivity index (χ2n) is 6.04. The van der Waals surface area contributed by atoms with Gasteiger partial charge in [0.25, 0.3) is 0 Å². The van der Waals surface area contributed by atoms with Gasteiger partial charge in [-0.2, -0.15) is 0 Å². The van der Waals surface area contributed by atoms with Crippen LogP contribution < -0.4 is 14.8 Å². The van der Waals surface area contributed by atoms with E-state index < -0.39 is 23.7 Å². The van der Waals surface area contributed by atoms with Gasteiger partial charge in [-0.3, -0.25) is 4.79 Å². The van der Waals surface area contributed by atoms with Gasteiger partial charge in [0.2, 0.25) is 5.91 Å². The Balaban J connectivity index is 2.04. The van der Waals surface area contributed by atoms with E-state index in [9.17, 15) is 19.1 Å². The van der Waals surface area contributed by atoms with Gasteiger partial charge in [0, 0.05) is 6.42 Å². The average Bonchev–Trinajstić information content (AvgIpc) is 2.66. The van der Waals surface area contributed by atoms with Crippen molar-refractivity contribution in [2.24, 2.45) is 0 Å². The van der Waals surface area contributed by atoms with Crippen molar-refractivity contribution >= 4 is 11.9 Å². The van der Waals surface area contributed by atoms with Crippen LogP contribution in [-0.2, 0) is 16.0 Å². The van der Waals surface area contributed by atoms with Crippen LogP contribution in [0.3, 0.4) is 0 Å². The number of amides is 1. The van der Waals surface area contributed by atoms with Crippen LogP contribution >= 0.6 is 0 Å². The molecule has 2 N–H and O–H groups in total. The minimum absolute atomic E-state index is 0.0967. The van der Waals surface area contributed by atoms with Crippen LogP contribution in [0.2, 0.25) is 0 Å². The van der Waals surface area contributed by atoms with Gasteiger partial charge in [-0.15, -0.1) is 0 Å². The number of carbonyl (C=O) groups excluding carboxylic acids is 1. The molecule has 0 spiro atoms. The lowest BCUT2D eigenvalue weighted by molar-refractivity contribution is -0.142. The number of rotatable bonds is 8. The maximum Gasteiger partial charge on any atom is 0.330 e. The van der Waals surface area contributed by atoms with E-state index in [1.54, 1.807) is 12.1 Å². The largest absolute Gasteiger partial charge is 0.493 e. The molecule has 7 heteroatoms. The Kier molecular flexibility index (Phi) is 6.76. The molecule has 1 unspecified atom stereocenters. The molecule has 0 fully saturated rings. The van der Waals surface area contributed by atoms with Crippen molar-refractivity contribution in [3.05, 3.63) is 58.9 Å². The zero-order chi connectivity index (χ0) is 20.0. The van der Waals surface area contributed by atoms with Crippen LogP contribution in [0.25, 0.3) is 0 Å². The van der Waals surface area contributed by atoms with Gasteiger partial charge in [0.1, 0.15) is 5.82 Å². The maximum atomic E-state index is 13.4. The van der Waals surface area contributed by atoms with Crippen LogP contribution in [0, 0.1) is 12.7 Å². The number of benzene rings is 2. The number of hydrogen-bond donors (Lipinski definition) is 2. The van der Waals surface area contributed by atoms with Gasteiger partial charge < -0.3 is 19.9 Å². The van der Waals surface area contributed by atoms with E-state index in [2.05, 4.69) is 5.32 Å². The molecule has 0 aliphatic heterocycles. The zero-order valence-corrected chi connectivity index (χ0v) is 15.4. The molecular weight excluding hydrogens is 353 g/mol. The summed E-state index contributed by atoms with van der Waals surface area (Å²) in [4.78, 5) is 23.8. The number of aliphatic carboxylic acids is 1. The summed E-state index contributed by atoms with van der Waals surface area (Å²) < 4.78 is 23.8. The molecule has 144 valence electrons. The summed E-state index contributed by atoms with van der Waals surface area (Å²) >= 11 is 0. The van der Waals surface area contributed by atoms with Crippen molar-refractivity contribution in [1.29, 1.82) is 0 Å². The minimum Gasteiger partial charge on any atom is -0.493 e. The Labute approximate surface area is 156 Å². The SMILES string of the molecule is COc1ccc(CCC(=O)NC(C(=O)O)c2ccc(F)c(C)c2)cc1OC. The standard InChI is InChI=1S/C20H22FNO5/c1-12-10-14(6-7-15(12)21)19(20(24)25)22-18(23)9-5-13-4-8-16(26-2)17(11-13)27-3/h4,6-8,10-11,19H,5,9H2,1-3H3,(H,22,23)(H,24,25). The lowest BCUT2D eigenvalue weighted by Crippen LogP contribution is -2.34. The molecular formula is C20H22FNO5. The molecule has 0 saturated heterocycles. The van der Waals surface area contributed by atoms with Crippen molar-refractivity contribution in [2.75, 3.05) is 14.2 Å². The molecule has 0 aliphatic rings. The number of carboxylic acid groups (broad SMARTS) is 1. The number of hydrogen-bond acceptors (Lipinski definition) is 4. The maximum absolute atomic E-state index is 13.4. The summed E-state index contributed by atoms with van der Waals surface area (Å²) in [6.45, 7) is 1.54. The molecule has 2 rings (SSSR count). The summed E-state index contributed by atoms with van der Waals surface area (Å²) in [5.74, 6) is -0.911. The molecule has 1 amide bonds. The molecule has 2 aromatic rings. The number of carbonyl (C=O) groups is 2. The topological polar surface area (TPSA) is 84.9 Å². The van der Waals surface area contributed by atoms with Crippen molar-refractivity contribution in [3.63, 3.8) is 0 Å². The smallest absolute Gasteiger partial charge is 0.330 e. The van der Waals surface area contributed by atoms with E-state index in [1.807, 2.05) is 6.07 Å². The summed E-state index contributed by atoms with van der Waals surface area (Å²) in [6.07, 6.45) is 0.500. The fraction of sp³-hybridized carbons (Fsp3) is 0.300. The first-order valence-electron chi connectivity index (χ1n) is 8.34. The predicted molar refractivity (Wildman–Crippen MR) is 97.5 cm³/mol. The van der Waals surface area contributed by atoms with Crippen LogP contribution in [-0.4, -0.2) is 31.2 Å². The molecule has 0 heterocycles. The van der Waals surface area contributed by atoms with E-state index in [4.69, 9.17) is 9.47 Å². The summed E-state index contributed by atoms with van der Waals surface area (Å²) in [5, 5.41) is 11.9. The van der Waals surface area contributed by atoms with Crippen LogP contribution in [0.4, 0.5) is 4.39 Å². The fourth-order valence-corrected chi connectivity index (χ4v) is 2.66. The molecule has 2 aromatic carbocycles. The fourth-order valence-electron chi connectivity index (χ4n) is 2.66. The lowest BCUT2D eigenvalue weighted by atomic mass is 10.0. The third-order valence-corrected chi connectivity index (χ3v) is 4.16. The lowest BCUT2D eigenvalue weighted by Gasteiger charge is -2.16. The number of nitrogens with one attached hydrogen (secondary N) is 1.